The molecule has 0 N–H and O–H groups in total. The highest BCUT2D eigenvalue weighted by atomic mass is 16.7. The van der Waals surface area contributed by atoms with Gasteiger partial charge in [0.15, 0.2) is 17.6 Å². The minimum absolute atomic E-state index is 0.00669. The number of hydrogen-bond donors (Lipinski definition) is 0. The number of carbonyl (C=O) groups is 1. The van der Waals surface area contributed by atoms with Crippen LogP contribution in [0.15, 0.2) is 18.2 Å². The van der Waals surface area contributed by atoms with Crippen LogP contribution in [0.2, 0.25) is 0 Å². The predicted molar refractivity (Wildman–Crippen MR) is 79.3 cm³/mol. The molecule has 1 atom stereocenters. The highest BCUT2D eigenvalue weighted by Gasteiger charge is 2.27. The maximum Gasteiger partial charge on any atom is 0.263 e. The second-order valence-electron chi connectivity index (χ2n) is 5.54. The maximum absolute atomic E-state index is 12.4. The van der Waals surface area contributed by atoms with Gasteiger partial charge in [0.25, 0.3) is 5.91 Å². The minimum Gasteiger partial charge on any atom is -0.481 e. The number of piperidine rings is 1. The van der Waals surface area contributed by atoms with Gasteiger partial charge in [0, 0.05) is 26.3 Å². The molecule has 1 saturated heterocycles. The number of nitrogens with zero attached hydrogens (tertiary/aromatic N) is 1. The topological polar surface area (TPSA) is 57.2 Å². The van der Waals surface area contributed by atoms with Crippen LogP contribution in [0.1, 0.15) is 19.8 Å². The van der Waals surface area contributed by atoms with Gasteiger partial charge in [0.1, 0.15) is 5.75 Å². The van der Waals surface area contributed by atoms with Crippen molar-refractivity contribution in [2.45, 2.75) is 32.0 Å². The van der Waals surface area contributed by atoms with Crippen LogP contribution in [0, 0.1) is 0 Å². The van der Waals surface area contributed by atoms with Crippen molar-refractivity contribution < 1.29 is 23.7 Å². The molecular weight excluding hydrogens is 286 g/mol. The third kappa shape index (κ3) is 3.11. The number of ether oxygens (including phenoxy) is 4. The fourth-order valence-corrected chi connectivity index (χ4v) is 2.77. The number of amides is 1. The van der Waals surface area contributed by atoms with Gasteiger partial charge < -0.3 is 23.8 Å². The zero-order chi connectivity index (χ0) is 15.5. The van der Waals surface area contributed by atoms with E-state index in [1.807, 2.05) is 4.90 Å². The molecule has 2 aliphatic rings. The molecule has 0 radical (unpaired) electrons. The van der Waals surface area contributed by atoms with Crippen LogP contribution in [-0.2, 0) is 9.53 Å². The molecule has 22 heavy (non-hydrogen) atoms. The molecule has 2 heterocycles. The second-order valence-corrected chi connectivity index (χ2v) is 5.54. The molecule has 6 heteroatoms. The van der Waals surface area contributed by atoms with Crippen molar-refractivity contribution in [2.75, 3.05) is 27.0 Å². The van der Waals surface area contributed by atoms with Gasteiger partial charge in [-0.25, -0.2) is 0 Å². The standard InChI is InChI=1S/C16H21NO5/c1-11(16(18)17-7-5-12(19-2)6-8-17)22-13-3-4-14-15(9-13)21-10-20-14/h3-4,9,11-12H,5-8,10H2,1-2H3. The summed E-state index contributed by atoms with van der Waals surface area (Å²) in [5, 5.41) is 0. The van der Waals surface area contributed by atoms with Gasteiger partial charge >= 0.3 is 0 Å². The second kappa shape index (κ2) is 6.44. The van der Waals surface area contributed by atoms with Gasteiger partial charge in [-0.15, -0.1) is 0 Å². The van der Waals surface area contributed by atoms with Gasteiger partial charge in [0.2, 0.25) is 6.79 Å². The molecule has 3 rings (SSSR count). The summed E-state index contributed by atoms with van der Waals surface area (Å²) in [6, 6.07) is 5.33. The van der Waals surface area contributed by atoms with Crippen molar-refractivity contribution in [3.8, 4) is 17.2 Å². The lowest BCUT2D eigenvalue weighted by Crippen LogP contribution is -2.46. The molecular formula is C16H21NO5. The molecule has 1 amide bonds. The van der Waals surface area contributed by atoms with Crippen molar-refractivity contribution in [2.24, 2.45) is 0 Å². The van der Waals surface area contributed by atoms with Crippen LogP contribution in [0.25, 0.3) is 0 Å². The SMILES string of the molecule is COC1CCN(C(=O)C(C)Oc2ccc3c(c2)OCO3)CC1. The molecule has 0 bridgehead atoms. The average Bonchev–Trinajstić information content (AvgIpc) is 3.02. The maximum atomic E-state index is 12.4. The fourth-order valence-electron chi connectivity index (χ4n) is 2.77. The molecule has 1 aromatic rings. The summed E-state index contributed by atoms with van der Waals surface area (Å²) in [5.74, 6) is 1.97. The summed E-state index contributed by atoms with van der Waals surface area (Å²) in [4.78, 5) is 14.3. The number of hydrogen-bond acceptors (Lipinski definition) is 5. The Morgan fingerprint density at radius 3 is 2.73 bits per heavy atom. The molecule has 1 unspecified atom stereocenters. The Hall–Kier alpha value is -1.95. The first kappa shape index (κ1) is 15.0. The Morgan fingerprint density at radius 1 is 1.27 bits per heavy atom. The van der Waals surface area contributed by atoms with Crippen LogP contribution in [0.4, 0.5) is 0 Å². The summed E-state index contributed by atoms with van der Waals surface area (Å²) in [5.41, 5.74) is 0. The van der Waals surface area contributed by atoms with E-state index in [1.54, 1.807) is 32.2 Å². The Balaban J connectivity index is 1.57. The lowest BCUT2D eigenvalue weighted by molar-refractivity contribution is -0.140. The van der Waals surface area contributed by atoms with E-state index in [2.05, 4.69) is 0 Å². The third-order valence-electron chi connectivity index (χ3n) is 4.09. The Kier molecular flexibility index (Phi) is 4.38. The summed E-state index contributed by atoms with van der Waals surface area (Å²) < 4.78 is 21.6. The van der Waals surface area contributed by atoms with Crippen molar-refractivity contribution >= 4 is 5.91 Å². The zero-order valence-corrected chi connectivity index (χ0v) is 12.9. The van der Waals surface area contributed by atoms with E-state index in [0.717, 1.165) is 12.8 Å². The number of methoxy groups -OCH3 is 1. The van der Waals surface area contributed by atoms with Crippen LogP contribution in [0.5, 0.6) is 17.2 Å². The van der Waals surface area contributed by atoms with E-state index >= 15 is 0 Å². The lowest BCUT2D eigenvalue weighted by atomic mass is 10.1. The minimum atomic E-state index is -0.528. The number of carbonyl (C=O) groups excluding carboxylic acids is 1. The molecule has 0 aromatic heterocycles. The quantitative estimate of drug-likeness (QED) is 0.849. The van der Waals surface area contributed by atoms with Gasteiger partial charge in [-0.3, -0.25) is 4.79 Å². The van der Waals surface area contributed by atoms with E-state index < -0.39 is 6.10 Å². The van der Waals surface area contributed by atoms with Crippen molar-refractivity contribution in [3.05, 3.63) is 18.2 Å². The summed E-state index contributed by atoms with van der Waals surface area (Å²) in [6.07, 6.45) is 1.48. The molecule has 1 aromatic carbocycles. The number of likely N-dealkylation sites (tertiary alicyclic amines) is 1. The number of fused-ring (bicyclic) bond motifs is 1. The van der Waals surface area contributed by atoms with Crippen LogP contribution in [-0.4, -0.2) is 50.0 Å². The molecule has 120 valence electrons. The first-order chi connectivity index (χ1) is 10.7. The van der Waals surface area contributed by atoms with Gasteiger partial charge in [-0.2, -0.15) is 0 Å². The molecule has 1 fully saturated rings. The highest BCUT2D eigenvalue weighted by molar-refractivity contribution is 5.81. The van der Waals surface area contributed by atoms with Crippen molar-refractivity contribution in [1.29, 1.82) is 0 Å². The normalized spacial score (nSPS) is 19.1. The Labute approximate surface area is 129 Å². The van der Waals surface area contributed by atoms with Crippen LogP contribution >= 0.6 is 0 Å². The number of benzene rings is 1. The smallest absolute Gasteiger partial charge is 0.263 e. The molecule has 0 spiro atoms. The Bertz CT molecular complexity index is 539. The van der Waals surface area contributed by atoms with E-state index in [1.165, 1.54) is 0 Å². The average molecular weight is 307 g/mol. The van der Waals surface area contributed by atoms with E-state index in [9.17, 15) is 4.79 Å². The highest BCUT2D eigenvalue weighted by Crippen LogP contribution is 2.35. The summed E-state index contributed by atoms with van der Waals surface area (Å²) >= 11 is 0. The first-order valence-electron chi connectivity index (χ1n) is 7.55. The summed E-state index contributed by atoms with van der Waals surface area (Å²) in [6.45, 7) is 3.43. The Morgan fingerprint density at radius 2 is 2.00 bits per heavy atom. The van der Waals surface area contributed by atoms with E-state index in [4.69, 9.17) is 18.9 Å². The van der Waals surface area contributed by atoms with Crippen LogP contribution in [0.3, 0.4) is 0 Å². The van der Waals surface area contributed by atoms with Crippen molar-refractivity contribution in [1.82, 2.24) is 4.90 Å². The fraction of sp³-hybridized carbons (Fsp3) is 0.562. The van der Waals surface area contributed by atoms with Crippen LogP contribution < -0.4 is 14.2 Å². The molecule has 6 nitrogen and oxygen atoms in total. The number of rotatable bonds is 4. The zero-order valence-electron chi connectivity index (χ0n) is 12.9. The lowest BCUT2D eigenvalue weighted by Gasteiger charge is -2.32. The molecule has 0 aliphatic carbocycles. The summed E-state index contributed by atoms with van der Waals surface area (Å²) in [7, 11) is 1.72. The van der Waals surface area contributed by atoms with Crippen molar-refractivity contribution in [3.63, 3.8) is 0 Å². The van der Waals surface area contributed by atoms with Gasteiger partial charge in [-0.1, -0.05) is 0 Å². The third-order valence-corrected chi connectivity index (χ3v) is 4.09. The van der Waals surface area contributed by atoms with Gasteiger partial charge in [-0.05, 0) is 31.9 Å². The van der Waals surface area contributed by atoms with E-state index in [0.29, 0.717) is 30.3 Å². The largest absolute Gasteiger partial charge is 0.481 e. The molecule has 2 aliphatic heterocycles. The monoisotopic (exact) mass is 307 g/mol. The molecule has 0 saturated carbocycles. The first-order valence-corrected chi connectivity index (χ1v) is 7.55. The van der Waals surface area contributed by atoms with Gasteiger partial charge in [0.05, 0.1) is 6.10 Å². The predicted octanol–water partition coefficient (Wildman–Crippen LogP) is 1.82. The van der Waals surface area contributed by atoms with E-state index in [-0.39, 0.29) is 18.8 Å².